The van der Waals surface area contributed by atoms with Gasteiger partial charge in [0.1, 0.15) is 4.21 Å². The Hall–Kier alpha value is -0.630. The van der Waals surface area contributed by atoms with Crippen LogP contribution in [0.2, 0.25) is 0 Å². The van der Waals surface area contributed by atoms with Gasteiger partial charge in [0.05, 0.1) is 0 Å². The van der Waals surface area contributed by atoms with Crippen LogP contribution in [0.25, 0.3) is 0 Å². The van der Waals surface area contributed by atoms with Crippen LogP contribution in [0.3, 0.4) is 0 Å². The maximum Gasteiger partial charge on any atom is 0.250 e. The van der Waals surface area contributed by atoms with Gasteiger partial charge in [0.15, 0.2) is 0 Å². The van der Waals surface area contributed by atoms with Crippen molar-refractivity contribution in [3.8, 4) is 0 Å². The normalized spacial score (nSPS) is 19.4. The van der Waals surface area contributed by atoms with E-state index in [4.69, 9.17) is 5.73 Å². The van der Waals surface area contributed by atoms with Crippen molar-refractivity contribution in [3.05, 3.63) is 11.4 Å². The van der Waals surface area contributed by atoms with Crippen LogP contribution in [0.15, 0.2) is 15.7 Å². The second-order valence-electron chi connectivity index (χ2n) is 5.08. The second kappa shape index (κ2) is 6.21. The molecule has 0 saturated carbocycles. The minimum absolute atomic E-state index is 0.0913. The minimum atomic E-state index is -3.43. The first-order chi connectivity index (χ1) is 8.97. The van der Waals surface area contributed by atoms with Crippen LogP contribution in [-0.4, -0.2) is 39.0 Å². The monoisotopic (exact) mass is 303 g/mol. The summed E-state index contributed by atoms with van der Waals surface area (Å²) in [4.78, 5) is 2.32. The van der Waals surface area contributed by atoms with Gasteiger partial charge < -0.3 is 10.6 Å². The molecule has 1 aliphatic rings. The Balaban J connectivity index is 1.92. The first kappa shape index (κ1) is 14.8. The van der Waals surface area contributed by atoms with Gasteiger partial charge in [-0.3, -0.25) is 0 Å². The van der Waals surface area contributed by atoms with E-state index in [0.717, 1.165) is 31.0 Å². The SMILES string of the molecule is CC(CN1CCCCC1)NS(=O)(=O)c1cc(N)cs1. The minimum Gasteiger partial charge on any atom is -0.398 e. The van der Waals surface area contributed by atoms with Crippen molar-refractivity contribution in [2.45, 2.75) is 36.4 Å². The summed E-state index contributed by atoms with van der Waals surface area (Å²) in [5, 5.41) is 1.64. The molecule has 0 bridgehead atoms. The molecule has 1 aromatic heterocycles. The average Bonchev–Trinajstić information content (AvgIpc) is 2.77. The Kier molecular flexibility index (Phi) is 4.83. The van der Waals surface area contributed by atoms with E-state index in [1.54, 1.807) is 5.38 Å². The van der Waals surface area contributed by atoms with Crippen molar-refractivity contribution in [2.75, 3.05) is 25.4 Å². The number of nitrogens with zero attached hydrogens (tertiary/aromatic N) is 1. The van der Waals surface area contributed by atoms with Crippen molar-refractivity contribution in [3.63, 3.8) is 0 Å². The standard InChI is InChI=1S/C12H21N3O2S2/c1-10(8-15-5-3-2-4-6-15)14-19(16,17)12-7-11(13)9-18-12/h7,9-10,14H,2-6,8,13H2,1H3. The quantitative estimate of drug-likeness (QED) is 0.864. The summed E-state index contributed by atoms with van der Waals surface area (Å²) >= 11 is 1.16. The molecular weight excluding hydrogens is 282 g/mol. The number of thiophene rings is 1. The lowest BCUT2D eigenvalue weighted by Gasteiger charge is -2.29. The van der Waals surface area contributed by atoms with Gasteiger partial charge in [-0.05, 0) is 38.9 Å². The molecule has 1 saturated heterocycles. The highest BCUT2D eigenvalue weighted by Gasteiger charge is 2.21. The van der Waals surface area contributed by atoms with Crippen LogP contribution >= 0.6 is 11.3 Å². The zero-order chi connectivity index (χ0) is 13.9. The summed E-state index contributed by atoms with van der Waals surface area (Å²) in [6, 6.07) is 1.41. The third-order valence-corrected chi connectivity index (χ3v) is 6.24. The molecular formula is C12H21N3O2S2. The largest absolute Gasteiger partial charge is 0.398 e. The van der Waals surface area contributed by atoms with Crippen LogP contribution in [0.4, 0.5) is 5.69 Å². The second-order valence-corrected chi connectivity index (χ2v) is 7.93. The topological polar surface area (TPSA) is 75.4 Å². The summed E-state index contributed by atoms with van der Waals surface area (Å²) in [5.74, 6) is 0. The molecule has 2 heterocycles. The highest BCUT2D eigenvalue weighted by atomic mass is 32.2. The van der Waals surface area contributed by atoms with Crippen LogP contribution in [0, 0.1) is 0 Å². The van der Waals surface area contributed by atoms with Crippen molar-refractivity contribution in [1.82, 2.24) is 9.62 Å². The Morgan fingerprint density at radius 2 is 2.11 bits per heavy atom. The number of hydrogen-bond acceptors (Lipinski definition) is 5. The predicted octanol–water partition coefficient (Wildman–Crippen LogP) is 1.48. The van der Waals surface area contributed by atoms with E-state index in [1.165, 1.54) is 25.3 Å². The number of nitrogens with two attached hydrogens (primary N) is 1. The van der Waals surface area contributed by atoms with Crippen LogP contribution in [0.5, 0.6) is 0 Å². The Morgan fingerprint density at radius 1 is 1.42 bits per heavy atom. The van der Waals surface area contributed by atoms with Gasteiger partial charge in [0.25, 0.3) is 0 Å². The molecule has 108 valence electrons. The van der Waals surface area contributed by atoms with Gasteiger partial charge in [-0.15, -0.1) is 11.3 Å². The zero-order valence-electron chi connectivity index (χ0n) is 11.1. The van der Waals surface area contributed by atoms with Crippen molar-refractivity contribution in [1.29, 1.82) is 0 Å². The highest BCUT2D eigenvalue weighted by molar-refractivity contribution is 7.91. The van der Waals surface area contributed by atoms with E-state index in [0.29, 0.717) is 5.69 Å². The summed E-state index contributed by atoms with van der Waals surface area (Å²) in [5.41, 5.74) is 6.06. The predicted molar refractivity (Wildman–Crippen MR) is 78.8 cm³/mol. The molecule has 7 heteroatoms. The molecule has 0 amide bonds. The maximum absolute atomic E-state index is 12.1. The number of hydrogen-bond donors (Lipinski definition) is 2. The van der Waals surface area contributed by atoms with E-state index in [2.05, 4.69) is 9.62 Å². The van der Waals surface area contributed by atoms with Crippen LogP contribution < -0.4 is 10.5 Å². The van der Waals surface area contributed by atoms with Gasteiger partial charge in [-0.2, -0.15) is 0 Å². The Bertz CT molecular complexity index is 507. The third-order valence-electron chi connectivity index (χ3n) is 3.20. The fourth-order valence-electron chi connectivity index (χ4n) is 2.36. The van der Waals surface area contributed by atoms with E-state index in [-0.39, 0.29) is 10.3 Å². The molecule has 1 fully saturated rings. The summed E-state index contributed by atoms with van der Waals surface area (Å²) in [6.45, 7) is 4.80. The van der Waals surface area contributed by atoms with E-state index in [9.17, 15) is 8.42 Å². The fourth-order valence-corrected chi connectivity index (χ4v) is 4.69. The Morgan fingerprint density at radius 3 is 2.68 bits per heavy atom. The molecule has 1 atom stereocenters. The van der Waals surface area contributed by atoms with Gasteiger partial charge in [0.2, 0.25) is 10.0 Å². The lowest BCUT2D eigenvalue weighted by molar-refractivity contribution is 0.215. The number of sulfonamides is 1. The van der Waals surface area contributed by atoms with Gasteiger partial charge >= 0.3 is 0 Å². The molecule has 5 nitrogen and oxygen atoms in total. The van der Waals surface area contributed by atoms with Crippen molar-refractivity contribution >= 4 is 27.0 Å². The lowest BCUT2D eigenvalue weighted by atomic mass is 10.1. The van der Waals surface area contributed by atoms with Gasteiger partial charge in [0, 0.05) is 23.7 Å². The molecule has 0 aliphatic carbocycles. The Labute approximate surface area is 118 Å². The fraction of sp³-hybridized carbons (Fsp3) is 0.667. The molecule has 1 aliphatic heterocycles. The smallest absolute Gasteiger partial charge is 0.250 e. The summed E-state index contributed by atoms with van der Waals surface area (Å²) in [7, 11) is -3.43. The van der Waals surface area contributed by atoms with Crippen molar-refractivity contribution in [2.24, 2.45) is 0 Å². The molecule has 0 radical (unpaired) electrons. The summed E-state index contributed by atoms with van der Waals surface area (Å²) in [6.07, 6.45) is 3.70. The third kappa shape index (κ3) is 4.17. The average molecular weight is 303 g/mol. The molecule has 0 spiro atoms. The maximum atomic E-state index is 12.1. The van der Waals surface area contributed by atoms with E-state index < -0.39 is 10.0 Å². The van der Waals surface area contributed by atoms with Crippen LogP contribution in [0.1, 0.15) is 26.2 Å². The van der Waals surface area contributed by atoms with Gasteiger partial charge in [-0.1, -0.05) is 6.42 Å². The molecule has 1 aromatic rings. The summed E-state index contributed by atoms with van der Waals surface area (Å²) < 4.78 is 27.3. The first-order valence-corrected chi connectivity index (χ1v) is 8.92. The lowest BCUT2D eigenvalue weighted by Crippen LogP contribution is -2.43. The number of nitrogen functional groups attached to an aromatic ring is 1. The molecule has 3 N–H and O–H groups in total. The zero-order valence-corrected chi connectivity index (χ0v) is 12.8. The number of anilines is 1. The van der Waals surface area contributed by atoms with E-state index >= 15 is 0 Å². The highest BCUT2D eigenvalue weighted by Crippen LogP contribution is 2.21. The van der Waals surface area contributed by atoms with Crippen LogP contribution in [-0.2, 0) is 10.0 Å². The van der Waals surface area contributed by atoms with E-state index in [1.807, 2.05) is 6.92 Å². The first-order valence-electron chi connectivity index (χ1n) is 6.56. The molecule has 19 heavy (non-hydrogen) atoms. The molecule has 2 rings (SSSR count). The van der Waals surface area contributed by atoms with Crippen molar-refractivity contribution < 1.29 is 8.42 Å². The number of rotatable bonds is 5. The number of piperidine rings is 1. The van der Waals surface area contributed by atoms with Gasteiger partial charge in [-0.25, -0.2) is 13.1 Å². The molecule has 1 unspecified atom stereocenters. The molecule has 0 aromatic carbocycles. The number of nitrogens with one attached hydrogen (secondary N) is 1. The number of likely N-dealkylation sites (tertiary alicyclic amines) is 1.